The molecule has 2 heterocycles. The van der Waals surface area contributed by atoms with Crippen LogP contribution in [0.25, 0.3) is 0 Å². The zero-order valence-corrected chi connectivity index (χ0v) is 7.25. The maximum atomic E-state index is 5.67. The van der Waals surface area contributed by atoms with Gasteiger partial charge in [-0.1, -0.05) is 13.8 Å². The van der Waals surface area contributed by atoms with Crippen LogP contribution < -0.4 is 0 Å². The van der Waals surface area contributed by atoms with Gasteiger partial charge in [0, 0.05) is 11.8 Å². The molecule has 2 aliphatic rings. The summed E-state index contributed by atoms with van der Waals surface area (Å²) in [4.78, 5) is 0. The predicted molar refractivity (Wildman–Crippen MR) is 42.4 cm³/mol. The molecule has 2 heteroatoms. The largest absolute Gasteiger partial charge is 0.375 e. The van der Waals surface area contributed by atoms with Crippen molar-refractivity contribution in [1.29, 1.82) is 0 Å². The minimum atomic E-state index is 0.403. The second kappa shape index (κ2) is 2.76. The number of fused-ring (bicyclic) bond motifs is 1. The Kier molecular flexibility index (Phi) is 1.90. The topological polar surface area (TPSA) is 18.5 Å². The van der Waals surface area contributed by atoms with E-state index in [0.29, 0.717) is 24.0 Å². The first-order valence-corrected chi connectivity index (χ1v) is 4.56. The smallest absolute Gasteiger partial charge is 0.0890 e. The first kappa shape index (κ1) is 7.56. The summed E-state index contributed by atoms with van der Waals surface area (Å²) in [5, 5.41) is 0. The molecule has 2 fully saturated rings. The molecule has 0 aliphatic carbocycles. The third kappa shape index (κ3) is 1.09. The van der Waals surface area contributed by atoms with Crippen molar-refractivity contribution in [2.24, 2.45) is 11.8 Å². The van der Waals surface area contributed by atoms with E-state index in [2.05, 4.69) is 13.8 Å². The van der Waals surface area contributed by atoms with Crippen LogP contribution in [0.15, 0.2) is 0 Å². The van der Waals surface area contributed by atoms with Gasteiger partial charge in [0.2, 0.25) is 0 Å². The minimum absolute atomic E-state index is 0.403. The molecule has 2 unspecified atom stereocenters. The molecule has 2 aliphatic heterocycles. The summed E-state index contributed by atoms with van der Waals surface area (Å²) in [6, 6.07) is 0. The number of ether oxygens (including phenoxy) is 2. The fraction of sp³-hybridized carbons (Fsp3) is 1.00. The van der Waals surface area contributed by atoms with Gasteiger partial charge in [0.25, 0.3) is 0 Å². The molecule has 0 saturated carbocycles. The van der Waals surface area contributed by atoms with Crippen molar-refractivity contribution in [3.05, 3.63) is 0 Å². The maximum absolute atomic E-state index is 5.67. The van der Waals surface area contributed by atoms with E-state index in [9.17, 15) is 0 Å². The Morgan fingerprint density at radius 1 is 1.18 bits per heavy atom. The molecule has 0 aromatic carbocycles. The van der Waals surface area contributed by atoms with Gasteiger partial charge in [0.15, 0.2) is 0 Å². The molecular formula is C9H16O2. The molecule has 2 saturated heterocycles. The highest BCUT2D eigenvalue weighted by Crippen LogP contribution is 2.35. The molecule has 2 nitrogen and oxygen atoms in total. The third-order valence-electron chi connectivity index (χ3n) is 2.93. The van der Waals surface area contributed by atoms with Crippen LogP contribution in [0.4, 0.5) is 0 Å². The number of hydrogen-bond acceptors (Lipinski definition) is 2. The lowest BCUT2D eigenvalue weighted by molar-refractivity contribution is 0.0610. The number of rotatable bonds is 1. The molecule has 0 radical (unpaired) electrons. The van der Waals surface area contributed by atoms with Crippen LogP contribution >= 0.6 is 0 Å². The van der Waals surface area contributed by atoms with E-state index in [1.807, 2.05) is 0 Å². The second-order valence-electron chi connectivity index (χ2n) is 3.74. The highest BCUT2D eigenvalue weighted by Gasteiger charge is 2.44. The van der Waals surface area contributed by atoms with Gasteiger partial charge < -0.3 is 9.47 Å². The SMILES string of the molecule is CC[C@@H]1COC2C1OC[C@@H]2C. The molecular weight excluding hydrogens is 140 g/mol. The van der Waals surface area contributed by atoms with Crippen molar-refractivity contribution >= 4 is 0 Å². The summed E-state index contributed by atoms with van der Waals surface area (Å²) >= 11 is 0. The van der Waals surface area contributed by atoms with Crippen LogP contribution in [-0.4, -0.2) is 25.4 Å². The average molecular weight is 156 g/mol. The van der Waals surface area contributed by atoms with Gasteiger partial charge >= 0.3 is 0 Å². The normalized spacial score (nSPS) is 49.6. The van der Waals surface area contributed by atoms with Gasteiger partial charge in [0.05, 0.1) is 25.4 Å². The Morgan fingerprint density at radius 2 is 1.91 bits per heavy atom. The molecule has 0 bridgehead atoms. The molecule has 11 heavy (non-hydrogen) atoms. The third-order valence-corrected chi connectivity index (χ3v) is 2.93. The second-order valence-corrected chi connectivity index (χ2v) is 3.74. The Hall–Kier alpha value is -0.0800. The quantitative estimate of drug-likeness (QED) is 0.572. The Bertz CT molecular complexity index is 146. The van der Waals surface area contributed by atoms with Gasteiger partial charge in [-0.3, -0.25) is 0 Å². The lowest BCUT2D eigenvalue weighted by atomic mass is 9.96. The van der Waals surface area contributed by atoms with E-state index >= 15 is 0 Å². The van der Waals surface area contributed by atoms with Gasteiger partial charge in [-0.2, -0.15) is 0 Å². The minimum Gasteiger partial charge on any atom is -0.375 e. The fourth-order valence-corrected chi connectivity index (χ4v) is 2.12. The zero-order valence-electron chi connectivity index (χ0n) is 7.25. The van der Waals surface area contributed by atoms with Crippen molar-refractivity contribution in [2.45, 2.75) is 32.5 Å². The van der Waals surface area contributed by atoms with E-state index in [-0.39, 0.29) is 0 Å². The van der Waals surface area contributed by atoms with Crippen molar-refractivity contribution in [1.82, 2.24) is 0 Å². The molecule has 0 amide bonds. The van der Waals surface area contributed by atoms with Crippen LogP contribution in [0.2, 0.25) is 0 Å². The highest BCUT2D eigenvalue weighted by molar-refractivity contribution is 4.91. The molecule has 0 spiro atoms. The molecule has 4 atom stereocenters. The van der Waals surface area contributed by atoms with Crippen LogP contribution in [0, 0.1) is 11.8 Å². The van der Waals surface area contributed by atoms with Gasteiger partial charge in [0.1, 0.15) is 0 Å². The van der Waals surface area contributed by atoms with E-state index in [1.54, 1.807) is 0 Å². The van der Waals surface area contributed by atoms with Crippen LogP contribution in [-0.2, 0) is 9.47 Å². The summed E-state index contributed by atoms with van der Waals surface area (Å²) < 4.78 is 11.3. The first-order valence-electron chi connectivity index (χ1n) is 4.56. The predicted octanol–water partition coefficient (Wildman–Crippen LogP) is 1.45. The van der Waals surface area contributed by atoms with Crippen molar-refractivity contribution < 1.29 is 9.47 Å². The van der Waals surface area contributed by atoms with Crippen LogP contribution in [0.5, 0.6) is 0 Å². The Balaban J connectivity index is 2.04. The lowest BCUT2D eigenvalue weighted by Gasteiger charge is -2.13. The van der Waals surface area contributed by atoms with Gasteiger partial charge in [-0.15, -0.1) is 0 Å². The van der Waals surface area contributed by atoms with Gasteiger partial charge in [-0.25, -0.2) is 0 Å². The van der Waals surface area contributed by atoms with Crippen LogP contribution in [0.3, 0.4) is 0 Å². The standard InChI is InChI=1S/C9H16O2/c1-3-7-5-11-8-6(2)4-10-9(7)8/h6-9H,3-5H2,1-2H3/t6-,7+,8?,9?/m0/s1. The van der Waals surface area contributed by atoms with Crippen molar-refractivity contribution in [2.75, 3.05) is 13.2 Å². The van der Waals surface area contributed by atoms with Crippen molar-refractivity contribution in [3.8, 4) is 0 Å². The fourth-order valence-electron chi connectivity index (χ4n) is 2.12. The van der Waals surface area contributed by atoms with Crippen molar-refractivity contribution in [3.63, 3.8) is 0 Å². The lowest BCUT2D eigenvalue weighted by Crippen LogP contribution is -2.24. The molecule has 0 aromatic heterocycles. The zero-order chi connectivity index (χ0) is 7.84. The molecule has 0 aromatic rings. The molecule has 0 N–H and O–H groups in total. The summed E-state index contributed by atoms with van der Waals surface area (Å²) in [7, 11) is 0. The summed E-state index contributed by atoms with van der Waals surface area (Å²) in [5.74, 6) is 1.27. The van der Waals surface area contributed by atoms with E-state index < -0.39 is 0 Å². The average Bonchev–Trinajstić information content (AvgIpc) is 2.53. The Morgan fingerprint density at radius 3 is 2.64 bits per heavy atom. The van der Waals surface area contributed by atoms with E-state index in [0.717, 1.165) is 13.2 Å². The summed E-state index contributed by atoms with van der Waals surface area (Å²) in [5.41, 5.74) is 0. The summed E-state index contributed by atoms with van der Waals surface area (Å²) in [6.45, 7) is 6.23. The van der Waals surface area contributed by atoms with Crippen LogP contribution in [0.1, 0.15) is 20.3 Å². The monoisotopic (exact) mass is 156 g/mol. The highest BCUT2D eigenvalue weighted by atomic mass is 16.6. The molecule has 2 rings (SSSR count). The maximum Gasteiger partial charge on any atom is 0.0890 e. The Labute approximate surface area is 67.9 Å². The van der Waals surface area contributed by atoms with E-state index in [4.69, 9.17) is 9.47 Å². The molecule has 64 valence electrons. The summed E-state index contributed by atoms with van der Waals surface area (Å²) in [6.07, 6.45) is 2.00. The number of hydrogen-bond donors (Lipinski definition) is 0. The van der Waals surface area contributed by atoms with Gasteiger partial charge in [-0.05, 0) is 6.42 Å². The van der Waals surface area contributed by atoms with E-state index in [1.165, 1.54) is 6.42 Å². The first-order chi connectivity index (χ1) is 5.33.